The van der Waals surface area contributed by atoms with E-state index in [1.165, 1.54) is 4.90 Å². The summed E-state index contributed by atoms with van der Waals surface area (Å²) < 4.78 is 6.86. The molecule has 0 saturated carbocycles. The Balaban J connectivity index is 2.28. The van der Waals surface area contributed by atoms with E-state index in [4.69, 9.17) is 4.74 Å². The van der Waals surface area contributed by atoms with Crippen LogP contribution in [0.5, 0.6) is 0 Å². The molecule has 0 fully saturated rings. The third-order valence-corrected chi connectivity index (χ3v) is 3.17. The Hall–Kier alpha value is -2.12. The topological polar surface area (TPSA) is 97.5 Å². The number of carboxylic acid groups (broad SMARTS) is 1. The molecule has 1 atom stereocenters. The van der Waals surface area contributed by atoms with Crippen LogP contribution in [-0.2, 0) is 22.6 Å². The largest absolute Gasteiger partial charge is 0.481 e. The first-order valence-corrected chi connectivity index (χ1v) is 6.86. The summed E-state index contributed by atoms with van der Waals surface area (Å²) in [5, 5.41) is 17.3. The van der Waals surface area contributed by atoms with Crippen LogP contribution in [0.3, 0.4) is 0 Å². The number of aromatic nitrogens is 3. The van der Waals surface area contributed by atoms with Gasteiger partial charge in [0.05, 0.1) is 12.2 Å². The zero-order chi connectivity index (χ0) is 15.8. The lowest BCUT2D eigenvalue weighted by Gasteiger charge is -2.32. The van der Waals surface area contributed by atoms with Gasteiger partial charge in [-0.15, -0.1) is 5.10 Å². The van der Waals surface area contributed by atoms with Crippen LogP contribution < -0.4 is 0 Å². The zero-order valence-corrected chi connectivity index (χ0v) is 12.7. The molecule has 8 heteroatoms. The average molecular weight is 296 g/mol. The van der Waals surface area contributed by atoms with Crippen molar-refractivity contribution in [2.75, 3.05) is 6.54 Å². The molecule has 0 aromatic carbocycles. The smallest absolute Gasteiger partial charge is 0.410 e. The molecule has 0 radical (unpaired) electrons. The minimum Gasteiger partial charge on any atom is -0.481 e. The molecule has 1 aromatic rings. The van der Waals surface area contributed by atoms with E-state index < -0.39 is 23.6 Å². The van der Waals surface area contributed by atoms with Crippen LogP contribution in [0.15, 0.2) is 0 Å². The van der Waals surface area contributed by atoms with Gasteiger partial charge < -0.3 is 14.7 Å². The lowest BCUT2D eigenvalue weighted by molar-refractivity contribution is -0.139. The molecule has 1 N–H and O–H groups in total. The first-order chi connectivity index (χ1) is 9.73. The quantitative estimate of drug-likeness (QED) is 0.881. The van der Waals surface area contributed by atoms with Gasteiger partial charge in [0.25, 0.3) is 0 Å². The van der Waals surface area contributed by atoms with Gasteiger partial charge >= 0.3 is 12.1 Å². The standard InChI is InChI=1S/C13H20N4O4/c1-5-17-10-8(11(18)19)6-16(7-9(10)14-15-17)12(20)21-13(2,3)4/h8H,5-7H2,1-4H3,(H,18,19)/t8-/m0/s1. The SMILES string of the molecule is CCn1nnc2c1[C@@H](C(=O)O)CN(C(=O)OC(C)(C)C)C2. The molecule has 0 aliphatic carbocycles. The highest BCUT2D eigenvalue weighted by Gasteiger charge is 2.38. The predicted octanol–water partition coefficient (Wildman–Crippen LogP) is 1.22. The van der Waals surface area contributed by atoms with Crippen LogP contribution in [-0.4, -0.2) is 49.2 Å². The molecular formula is C13H20N4O4. The number of amides is 1. The normalized spacial score (nSPS) is 18.3. The molecule has 116 valence electrons. The van der Waals surface area contributed by atoms with E-state index in [0.717, 1.165) is 0 Å². The maximum Gasteiger partial charge on any atom is 0.410 e. The number of aryl methyl sites for hydroxylation is 1. The van der Waals surface area contributed by atoms with Gasteiger partial charge in [-0.05, 0) is 27.7 Å². The van der Waals surface area contributed by atoms with Gasteiger partial charge in [-0.2, -0.15) is 0 Å². The van der Waals surface area contributed by atoms with Crippen LogP contribution in [0.2, 0.25) is 0 Å². The van der Waals surface area contributed by atoms with E-state index in [-0.39, 0.29) is 13.1 Å². The monoisotopic (exact) mass is 296 g/mol. The highest BCUT2D eigenvalue weighted by Crippen LogP contribution is 2.28. The number of carboxylic acids is 1. The number of fused-ring (bicyclic) bond motifs is 1. The summed E-state index contributed by atoms with van der Waals surface area (Å²) in [5.41, 5.74) is 0.461. The molecule has 0 unspecified atom stereocenters. The first kappa shape index (κ1) is 15.3. The van der Waals surface area contributed by atoms with Gasteiger partial charge in [0.15, 0.2) is 0 Å². The van der Waals surface area contributed by atoms with Gasteiger partial charge in [-0.25, -0.2) is 9.48 Å². The molecule has 1 aliphatic rings. The van der Waals surface area contributed by atoms with Crippen molar-refractivity contribution >= 4 is 12.1 Å². The van der Waals surface area contributed by atoms with Gasteiger partial charge in [0, 0.05) is 13.1 Å². The molecule has 8 nitrogen and oxygen atoms in total. The molecular weight excluding hydrogens is 276 g/mol. The lowest BCUT2D eigenvalue weighted by atomic mass is 9.98. The van der Waals surface area contributed by atoms with Crippen molar-refractivity contribution in [3.8, 4) is 0 Å². The number of aliphatic carboxylic acids is 1. The number of nitrogens with zero attached hydrogens (tertiary/aromatic N) is 4. The fourth-order valence-corrected chi connectivity index (χ4v) is 2.30. The number of rotatable bonds is 2. The average Bonchev–Trinajstić information content (AvgIpc) is 2.78. The van der Waals surface area contributed by atoms with E-state index >= 15 is 0 Å². The van der Waals surface area contributed by atoms with Crippen LogP contribution in [0.1, 0.15) is 45.0 Å². The molecule has 0 spiro atoms. The second kappa shape index (κ2) is 5.34. The lowest BCUT2D eigenvalue weighted by Crippen LogP contribution is -2.43. The van der Waals surface area contributed by atoms with Crippen molar-refractivity contribution in [3.05, 3.63) is 11.4 Å². The minimum atomic E-state index is -0.999. The summed E-state index contributed by atoms with van der Waals surface area (Å²) in [4.78, 5) is 25.0. The summed E-state index contributed by atoms with van der Waals surface area (Å²) in [6.07, 6.45) is -0.537. The summed E-state index contributed by atoms with van der Waals surface area (Å²) in [5.74, 6) is -1.84. The Bertz CT molecular complexity index is 561. The molecule has 1 aliphatic heterocycles. The first-order valence-electron chi connectivity index (χ1n) is 6.86. The second-order valence-corrected chi connectivity index (χ2v) is 5.99. The fraction of sp³-hybridized carbons (Fsp3) is 0.692. The van der Waals surface area contributed by atoms with Gasteiger partial charge in [-0.1, -0.05) is 5.21 Å². The van der Waals surface area contributed by atoms with Crippen LogP contribution in [0.4, 0.5) is 4.79 Å². The molecule has 2 rings (SSSR count). The summed E-state index contributed by atoms with van der Waals surface area (Å²) >= 11 is 0. The number of hydrogen-bond acceptors (Lipinski definition) is 5. The predicted molar refractivity (Wildman–Crippen MR) is 72.7 cm³/mol. The van der Waals surface area contributed by atoms with Crippen molar-refractivity contribution in [1.29, 1.82) is 0 Å². The van der Waals surface area contributed by atoms with Gasteiger partial charge in [0.2, 0.25) is 0 Å². The van der Waals surface area contributed by atoms with Crippen molar-refractivity contribution in [2.45, 2.75) is 52.3 Å². The van der Waals surface area contributed by atoms with Crippen LogP contribution in [0.25, 0.3) is 0 Å². The summed E-state index contributed by atoms with van der Waals surface area (Å²) in [6.45, 7) is 7.98. The van der Waals surface area contributed by atoms with Gasteiger partial charge in [-0.3, -0.25) is 4.79 Å². The zero-order valence-electron chi connectivity index (χ0n) is 12.7. The van der Waals surface area contributed by atoms with Crippen molar-refractivity contribution in [1.82, 2.24) is 19.9 Å². The van der Waals surface area contributed by atoms with Gasteiger partial charge in [0.1, 0.15) is 17.2 Å². The molecule has 1 amide bonds. The Morgan fingerprint density at radius 1 is 1.43 bits per heavy atom. The summed E-state index contributed by atoms with van der Waals surface area (Å²) in [7, 11) is 0. The Labute approximate surface area is 122 Å². The number of carbonyl (C=O) groups is 2. The third-order valence-electron chi connectivity index (χ3n) is 3.17. The van der Waals surface area contributed by atoms with Crippen molar-refractivity contribution < 1.29 is 19.4 Å². The molecule has 0 saturated heterocycles. The highest BCUT2D eigenvalue weighted by atomic mass is 16.6. The number of ether oxygens (including phenoxy) is 1. The fourth-order valence-electron chi connectivity index (χ4n) is 2.30. The maximum absolute atomic E-state index is 12.1. The van der Waals surface area contributed by atoms with E-state index in [1.807, 2.05) is 6.92 Å². The molecule has 21 heavy (non-hydrogen) atoms. The van der Waals surface area contributed by atoms with Crippen molar-refractivity contribution in [2.24, 2.45) is 0 Å². The van der Waals surface area contributed by atoms with Crippen molar-refractivity contribution in [3.63, 3.8) is 0 Å². The third kappa shape index (κ3) is 3.14. The number of hydrogen-bond donors (Lipinski definition) is 1. The molecule has 2 heterocycles. The maximum atomic E-state index is 12.1. The van der Waals surface area contributed by atoms with E-state index in [9.17, 15) is 14.7 Å². The van der Waals surface area contributed by atoms with Crippen LogP contribution >= 0.6 is 0 Å². The molecule has 1 aromatic heterocycles. The van der Waals surface area contributed by atoms with Crippen LogP contribution in [0, 0.1) is 0 Å². The summed E-state index contributed by atoms with van der Waals surface area (Å²) in [6, 6.07) is 0. The number of carbonyl (C=O) groups excluding carboxylic acids is 1. The van der Waals surface area contributed by atoms with E-state index in [1.54, 1.807) is 25.5 Å². The van der Waals surface area contributed by atoms with E-state index in [0.29, 0.717) is 17.9 Å². The minimum absolute atomic E-state index is 0.0601. The Morgan fingerprint density at radius 2 is 2.10 bits per heavy atom. The molecule has 0 bridgehead atoms. The van der Waals surface area contributed by atoms with E-state index in [2.05, 4.69) is 10.3 Å². The second-order valence-electron chi connectivity index (χ2n) is 5.99. The Kier molecular flexibility index (Phi) is 3.89. The Morgan fingerprint density at radius 3 is 2.62 bits per heavy atom. The highest BCUT2D eigenvalue weighted by molar-refractivity contribution is 5.78.